The molecule has 0 atom stereocenters. The fourth-order valence-electron chi connectivity index (χ4n) is 1.46. The summed E-state index contributed by atoms with van der Waals surface area (Å²) in [6.45, 7) is -0.465. The van der Waals surface area contributed by atoms with Crippen molar-refractivity contribution in [1.29, 1.82) is 0 Å². The van der Waals surface area contributed by atoms with Crippen molar-refractivity contribution in [2.24, 2.45) is 0 Å². The number of aryl methyl sites for hydroxylation is 1. The van der Waals surface area contributed by atoms with Crippen LogP contribution in [0.2, 0.25) is 5.02 Å². The molecule has 0 amide bonds. The average Bonchev–Trinajstić information content (AvgIpc) is 2.63. The first kappa shape index (κ1) is 18.3. The number of esters is 1. The molecule has 0 aliphatic carbocycles. The SMILES string of the molecule is Cc1nn(CC(=O)OCCC(F)=C(F)F)c(C(F)(F)F)c1Cl. The zero-order valence-corrected chi connectivity index (χ0v) is 11.7. The van der Waals surface area contributed by atoms with Crippen LogP contribution >= 0.6 is 11.6 Å². The number of rotatable bonds is 5. The van der Waals surface area contributed by atoms with Gasteiger partial charge in [0.05, 0.1) is 17.3 Å². The predicted octanol–water partition coefficient (Wildman–Crippen LogP) is 3.87. The smallest absolute Gasteiger partial charge is 0.434 e. The highest BCUT2D eigenvalue weighted by Crippen LogP contribution is 2.36. The standard InChI is InChI=1S/C11H9ClF6N2O2/c1-5-8(12)9(11(16,17)18)20(19-5)4-7(21)22-3-2-6(13)10(14)15/h2-4H2,1H3. The topological polar surface area (TPSA) is 44.1 Å². The van der Waals surface area contributed by atoms with E-state index in [1.807, 2.05) is 0 Å². The van der Waals surface area contributed by atoms with Gasteiger partial charge in [-0.1, -0.05) is 11.6 Å². The van der Waals surface area contributed by atoms with Crippen LogP contribution in [0.25, 0.3) is 0 Å². The second-order valence-corrected chi connectivity index (χ2v) is 4.42. The van der Waals surface area contributed by atoms with E-state index in [1.165, 1.54) is 6.92 Å². The molecule has 11 heteroatoms. The van der Waals surface area contributed by atoms with Crippen molar-refractivity contribution < 1.29 is 35.9 Å². The minimum absolute atomic E-state index is 0.143. The Balaban J connectivity index is 2.74. The quantitative estimate of drug-likeness (QED) is 0.598. The lowest BCUT2D eigenvalue weighted by atomic mass is 10.3. The number of carbonyl (C=O) groups excluding carboxylic acids is 1. The van der Waals surface area contributed by atoms with Crippen molar-refractivity contribution >= 4 is 17.6 Å². The van der Waals surface area contributed by atoms with Crippen LogP contribution in [0.3, 0.4) is 0 Å². The Morgan fingerprint density at radius 3 is 2.41 bits per heavy atom. The van der Waals surface area contributed by atoms with E-state index in [-0.39, 0.29) is 5.69 Å². The van der Waals surface area contributed by atoms with E-state index in [0.717, 1.165) is 0 Å². The van der Waals surface area contributed by atoms with Gasteiger partial charge in [-0.3, -0.25) is 4.79 Å². The van der Waals surface area contributed by atoms with Crippen molar-refractivity contribution in [2.75, 3.05) is 6.61 Å². The average molecular weight is 351 g/mol. The molecule has 1 heterocycles. The van der Waals surface area contributed by atoms with Crippen LogP contribution in [0.5, 0.6) is 0 Å². The molecule has 0 aromatic carbocycles. The summed E-state index contributed by atoms with van der Waals surface area (Å²) in [6.07, 6.45) is -8.27. The predicted molar refractivity (Wildman–Crippen MR) is 62.9 cm³/mol. The van der Waals surface area contributed by atoms with E-state index in [4.69, 9.17) is 11.6 Å². The molecule has 4 nitrogen and oxygen atoms in total. The Bertz CT molecular complexity index is 592. The maximum Gasteiger partial charge on any atom is 0.434 e. The van der Waals surface area contributed by atoms with Crippen LogP contribution < -0.4 is 0 Å². The molecule has 22 heavy (non-hydrogen) atoms. The molecule has 0 aliphatic rings. The van der Waals surface area contributed by atoms with Crippen LogP contribution in [0.4, 0.5) is 26.3 Å². The van der Waals surface area contributed by atoms with Crippen LogP contribution in [0, 0.1) is 6.92 Å². The van der Waals surface area contributed by atoms with E-state index in [1.54, 1.807) is 0 Å². The van der Waals surface area contributed by atoms with Crippen LogP contribution in [-0.4, -0.2) is 22.4 Å². The van der Waals surface area contributed by atoms with Gasteiger partial charge in [0.2, 0.25) is 0 Å². The van der Waals surface area contributed by atoms with Crippen molar-refractivity contribution in [1.82, 2.24) is 9.78 Å². The first-order chi connectivity index (χ1) is 10.0. The molecule has 1 aromatic heterocycles. The Hall–Kier alpha value is -1.71. The van der Waals surface area contributed by atoms with E-state index < -0.39 is 54.3 Å². The van der Waals surface area contributed by atoms with Gasteiger partial charge in [0.25, 0.3) is 0 Å². The molecular weight excluding hydrogens is 342 g/mol. The third-order valence-electron chi connectivity index (χ3n) is 2.39. The minimum Gasteiger partial charge on any atom is -0.464 e. The zero-order valence-electron chi connectivity index (χ0n) is 11.0. The first-order valence-corrected chi connectivity index (χ1v) is 6.07. The van der Waals surface area contributed by atoms with Gasteiger partial charge in [-0.15, -0.1) is 0 Å². The van der Waals surface area contributed by atoms with Crippen molar-refractivity contribution in [3.05, 3.63) is 28.3 Å². The van der Waals surface area contributed by atoms with Gasteiger partial charge in [-0.2, -0.15) is 27.1 Å². The molecule has 1 aromatic rings. The normalized spacial score (nSPS) is 11.5. The Morgan fingerprint density at radius 2 is 1.91 bits per heavy atom. The van der Waals surface area contributed by atoms with Crippen molar-refractivity contribution in [3.63, 3.8) is 0 Å². The number of ether oxygens (including phenoxy) is 1. The number of carbonyl (C=O) groups is 1. The number of aromatic nitrogens is 2. The summed E-state index contributed by atoms with van der Waals surface area (Å²) in [5.74, 6) is -2.96. The number of alkyl halides is 3. The highest BCUT2D eigenvalue weighted by molar-refractivity contribution is 6.31. The van der Waals surface area contributed by atoms with Gasteiger partial charge in [-0.05, 0) is 6.92 Å². The molecule has 0 radical (unpaired) electrons. The molecule has 0 saturated carbocycles. The van der Waals surface area contributed by atoms with Crippen molar-refractivity contribution in [3.8, 4) is 0 Å². The minimum atomic E-state index is -4.84. The Labute approximate surface area is 125 Å². The maximum atomic E-state index is 12.8. The van der Waals surface area contributed by atoms with Gasteiger partial charge >= 0.3 is 18.2 Å². The lowest BCUT2D eigenvalue weighted by molar-refractivity contribution is -0.149. The van der Waals surface area contributed by atoms with Gasteiger partial charge in [0.15, 0.2) is 11.5 Å². The van der Waals surface area contributed by atoms with E-state index in [0.29, 0.717) is 4.68 Å². The van der Waals surface area contributed by atoms with E-state index >= 15 is 0 Å². The Kier molecular flexibility index (Phi) is 5.86. The number of hydrogen-bond acceptors (Lipinski definition) is 3. The molecular formula is C11H9ClF6N2O2. The molecule has 0 unspecified atom stereocenters. The molecule has 124 valence electrons. The largest absolute Gasteiger partial charge is 0.464 e. The molecule has 0 fully saturated rings. The molecule has 0 bridgehead atoms. The van der Waals surface area contributed by atoms with Gasteiger partial charge in [-0.25, -0.2) is 9.07 Å². The monoisotopic (exact) mass is 350 g/mol. The second kappa shape index (κ2) is 7.03. The summed E-state index contributed by atoms with van der Waals surface area (Å²) < 4.78 is 78.9. The maximum absolute atomic E-state index is 12.8. The fourth-order valence-corrected chi connectivity index (χ4v) is 1.70. The third kappa shape index (κ3) is 4.65. The van der Waals surface area contributed by atoms with E-state index in [2.05, 4.69) is 9.84 Å². The van der Waals surface area contributed by atoms with Crippen LogP contribution in [0.15, 0.2) is 11.9 Å². The van der Waals surface area contributed by atoms with Gasteiger partial charge in [0, 0.05) is 6.42 Å². The summed E-state index contributed by atoms with van der Waals surface area (Å²) in [6, 6.07) is 0. The van der Waals surface area contributed by atoms with Crippen LogP contribution in [-0.2, 0) is 22.3 Å². The highest BCUT2D eigenvalue weighted by Gasteiger charge is 2.39. The third-order valence-corrected chi connectivity index (χ3v) is 2.84. The molecule has 0 spiro atoms. The summed E-state index contributed by atoms with van der Waals surface area (Å²) >= 11 is 5.47. The highest BCUT2D eigenvalue weighted by atomic mass is 35.5. The molecule has 0 saturated heterocycles. The fraction of sp³-hybridized carbons (Fsp3) is 0.455. The lowest BCUT2D eigenvalue weighted by Gasteiger charge is -2.10. The number of hydrogen-bond donors (Lipinski definition) is 0. The molecule has 0 N–H and O–H groups in total. The lowest BCUT2D eigenvalue weighted by Crippen LogP contribution is -2.21. The summed E-state index contributed by atoms with van der Waals surface area (Å²) in [4.78, 5) is 11.3. The second-order valence-electron chi connectivity index (χ2n) is 4.04. The summed E-state index contributed by atoms with van der Waals surface area (Å²) in [5.41, 5.74) is -1.47. The molecule has 0 aliphatic heterocycles. The first-order valence-electron chi connectivity index (χ1n) is 5.69. The summed E-state index contributed by atoms with van der Waals surface area (Å²) in [5, 5.41) is 2.79. The van der Waals surface area contributed by atoms with Gasteiger partial charge in [0.1, 0.15) is 6.54 Å². The van der Waals surface area contributed by atoms with Crippen LogP contribution in [0.1, 0.15) is 17.8 Å². The zero-order chi connectivity index (χ0) is 17.1. The van der Waals surface area contributed by atoms with Gasteiger partial charge < -0.3 is 4.74 Å². The number of halogens is 7. The number of nitrogens with zero attached hydrogens (tertiary/aromatic N) is 2. The Morgan fingerprint density at radius 1 is 1.32 bits per heavy atom. The molecule has 1 rings (SSSR count). The van der Waals surface area contributed by atoms with E-state index in [9.17, 15) is 31.1 Å². The van der Waals surface area contributed by atoms with Crippen molar-refractivity contribution in [2.45, 2.75) is 26.1 Å². The summed E-state index contributed by atoms with van der Waals surface area (Å²) in [7, 11) is 0.